The van der Waals surface area contributed by atoms with Crippen LogP contribution in [0.5, 0.6) is 5.75 Å². The van der Waals surface area contributed by atoms with Crippen LogP contribution < -0.4 is 4.74 Å². The summed E-state index contributed by atoms with van der Waals surface area (Å²) in [5.74, 6) is 0.354. The van der Waals surface area contributed by atoms with Gasteiger partial charge in [-0.1, -0.05) is 48.0 Å². The zero-order chi connectivity index (χ0) is 13.5. The van der Waals surface area contributed by atoms with E-state index in [1.807, 2.05) is 30.3 Å². The van der Waals surface area contributed by atoms with Gasteiger partial charge in [-0.05, 0) is 17.7 Å². The summed E-state index contributed by atoms with van der Waals surface area (Å²) in [4.78, 5) is 10.9. The molecule has 0 radical (unpaired) electrons. The molecule has 0 aliphatic heterocycles. The zero-order valence-corrected chi connectivity index (χ0v) is 11.0. The van der Waals surface area contributed by atoms with Crippen LogP contribution in [-0.2, 0) is 11.3 Å². The van der Waals surface area contributed by atoms with E-state index in [9.17, 15) is 4.79 Å². The molecule has 0 N–H and O–H groups in total. The van der Waals surface area contributed by atoms with E-state index in [2.05, 4.69) is 0 Å². The van der Waals surface area contributed by atoms with Crippen molar-refractivity contribution in [1.29, 1.82) is 0 Å². The second-order valence-corrected chi connectivity index (χ2v) is 4.28. The Labute approximate surface area is 116 Å². The number of benzene rings is 2. The Morgan fingerprint density at radius 3 is 2.58 bits per heavy atom. The fourth-order valence-electron chi connectivity index (χ4n) is 1.60. The summed E-state index contributed by atoms with van der Waals surface area (Å²) in [6, 6.07) is 14.8. The van der Waals surface area contributed by atoms with Gasteiger partial charge in [-0.25, -0.2) is 0 Å². The van der Waals surface area contributed by atoms with Crippen molar-refractivity contribution in [3.05, 3.63) is 64.7 Å². The van der Waals surface area contributed by atoms with E-state index in [-0.39, 0.29) is 6.79 Å². The molecule has 3 nitrogen and oxygen atoms in total. The molecule has 0 spiro atoms. The van der Waals surface area contributed by atoms with Crippen LogP contribution in [0.1, 0.15) is 15.9 Å². The Kier molecular flexibility index (Phi) is 4.95. The van der Waals surface area contributed by atoms with E-state index in [4.69, 9.17) is 21.1 Å². The molecule has 0 aliphatic rings. The maximum atomic E-state index is 10.9. The van der Waals surface area contributed by atoms with E-state index in [1.54, 1.807) is 18.2 Å². The molecular weight excluding hydrogens is 264 g/mol. The van der Waals surface area contributed by atoms with Crippen LogP contribution in [0.25, 0.3) is 0 Å². The number of aldehydes is 1. The zero-order valence-electron chi connectivity index (χ0n) is 10.2. The van der Waals surface area contributed by atoms with E-state index in [1.165, 1.54) is 0 Å². The van der Waals surface area contributed by atoms with Gasteiger partial charge in [0, 0.05) is 0 Å². The fourth-order valence-corrected chi connectivity index (χ4v) is 1.84. The predicted molar refractivity (Wildman–Crippen MR) is 73.6 cm³/mol. The third kappa shape index (κ3) is 3.81. The Balaban J connectivity index is 1.88. The van der Waals surface area contributed by atoms with Gasteiger partial charge in [0.25, 0.3) is 0 Å². The molecule has 98 valence electrons. The first kappa shape index (κ1) is 13.6. The maximum Gasteiger partial charge on any atom is 0.189 e. The van der Waals surface area contributed by atoms with E-state index in [0.717, 1.165) is 5.56 Å². The predicted octanol–water partition coefficient (Wildman–Crippen LogP) is 3.71. The van der Waals surface area contributed by atoms with Crippen molar-refractivity contribution < 1.29 is 14.3 Å². The SMILES string of the molecule is O=Cc1cccc(Cl)c1OCOCc1ccccc1. The monoisotopic (exact) mass is 276 g/mol. The van der Waals surface area contributed by atoms with Crippen LogP contribution in [0.15, 0.2) is 48.5 Å². The molecular formula is C15H13ClO3. The minimum absolute atomic E-state index is 0.0411. The van der Waals surface area contributed by atoms with Crippen molar-refractivity contribution in [2.45, 2.75) is 6.61 Å². The summed E-state index contributed by atoms with van der Waals surface area (Å²) < 4.78 is 10.8. The van der Waals surface area contributed by atoms with Crippen LogP contribution in [-0.4, -0.2) is 13.1 Å². The lowest BCUT2D eigenvalue weighted by molar-refractivity contribution is 0.00483. The van der Waals surface area contributed by atoms with Crippen LogP contribution in [0, 0.1) is 0 Å². The Hall–Kier alpha value is -1.84. The van der Waals surface area contributed by atoms with Gasteiger partial charge in [0.1, 0.15) is 0 Å². The van der Waals surface area contributed by atoms with E-state index < -0.39 is 0 Å². The number of rotatable bonds is 6. The molecule has 2 rings (SSSR count). The fraction of sp³-hybridized carbons (Fsp3) is 0.133. The van der Waals surface area contributed by atoms with Gasteiger partial charge in [0.05, 0.1) is 17.2 Å². The van der Waals surface area contributed by atoms with Crippen LogP contribution in [0.2, 0.25) is 5.02 Å². The average Bonchev–Trinajstić information content (AvgIpc) is 2.46. The second kappa shape index (κ2) is 6.92. The van der Waals surface area contributed by atoms with Crippen molar-refractivity contribution in [3.8, 4) is 5.75 Å². The van der Waals surface area contributed by atoms with Crippen molar-refractivity contribution in [2.75, 3.05) is 6.79 Å². The van der Waals surface area contributed by atoms with Crippen molar-refractivity contribution in [1.82, 2.24) is 0 Å². The van der Waals surface area contributed by atoms with Crippen molar-refractivity contribution in [2.24, 2.45) is 0 Å². The number of carbonyl (C=O) groups is 1. The third-order valence-corrected chi connectivity index (χ3v) is 2.82. The summed E-state index contributed by atoms with van der Waals surface area (Å²) in [6.07, 6.45) is 0.707. The molecule has 19 heavy (non-hydrogen) atoms. The molecule has 0 heterocycles. The minimum Gasteiger partial charge on any atom is -0.465 e. The van der Waals surface area contributed by atoms with Gasteiger partial charge >= 0.3 is 0 Å². The summed E-state index contributed by atoms with van der Waals surface area (Å²) in [7, 11) is 0. The number of halogens is 1. The summed E-state index contributed by atoms with van der Waals surface area (Å²) in [5.41, 5.74) is 1.47. The van der Waals surface area contributed by atoms with Gasteiger partial charge in [0.15, 0.2) is 18.8 Å². The third-order valence-electron chi connectivity index (χ3n) is 2.52. The molecule has 4 heteroatoms. The lowest BCUT2D eigenvalue weighted by Gasteiger charge is -2.10. The van der Waals surface area contributed by atoms with E-state index in [0.29, 0.717) is 29.2 Å². The number of hydrogen-bond acceptors (Lipinski definition) is 3. The first-order chi connectivity index (χ1) is 9.31. The van der Waals surface area contributed by atoms with Crippen LogP contribution in [0.4, 0.5) is 0 Å². The Bertz CT molecular complexity index is 540. The molecule has 0 aliphatic carbocycles. The molecule has 2 aromatic rings. The molecule has 0 saturated heterocycles. The molecule has 2 aromatic carbocycles. The first-order valence-electron chi connectivity index (χ1n) is 5.79. The van der Waals surface area contributed by atoms with Gasteiger partial charge < -0.3 is 9.47 Å². The summed E-state index contributed by atoms with van der Waals surface area (Å²) in [5, 5.41) is 0.396. The molecule has 0 atom stereocenters. The number of hydrogen-bond donors (Lipinski definition) is 0. The van der Waals surface area contributed by atoms with Crippen molar-refractivity contribution in [3.63, 3.8) is 0 Å². The second-order valence-electron chi connectivity index (χ2n) is 3.87. The highest BCUT2D eigenvalue weighted by Crippen LogP contribution is 2.27. The number of carbonyl (C=O) groups excluding carboxylic acids is 1. The highest BCUT2D eigenvalue weighted by Gasteiger charge is 2.07. The molecule has 0 saturated carbocycles. The minimum atomic E-state index is 0.0411. The Morgan fingerprint density at radius 2 is 1.84 bits per heavy atom. The van der Waals surface area contributed by atoms with Gasteiger partial charge in [-0.15, -0.1) is 0 Å². The first-order valence-corrected chi connectivity index (χ1v) is 6.17. The molecule has 0 aromatic heterocycles. The molecule has 0 bridgehead atoms. The maximum absolute atomic E-state index is 10.9. The number of ether oxygens (including phenoxy) is 2. The lowest BCUT2D eigenvalue weighted by Crippen LogP contribution is -2.05. The normalized spacial score (nSPS) is 10.2. The summed E-state index contributed by atoms with van der Waals surface area (Å²) >= 11 is 5.96. The molecule has 0 unspecified atom stereocenters. The van der Waals surface area contributed by atoms with Crippen LogP contribution >= 0.6 is 11.6 Å². The Morgan fingerprint density at radius 1 is 1.05 bits per heavy atom. The smallest absolute Gasteiger partial charge is 0.189 e. The highest BCUT2D eigenvalue weighted by atomic mass is 35.5. The number of para-hydroxylation sites is 1. The lowest BCUT2D eigenvalue weighted by atomic mass is 10.2. The highest BCUT2D eigenvalue weighted by molar-refractivity contribution is 6.32. The van der Waals surface area contributed by atoms with Crippen molar-refractivity contribution >= 4 is 17.9 Å². The molecule has 0 amide bonds. The largest absolute Gasteiger partial charge is 0.465 e. The molecule has 0 fully saturated rings. The average molecular weight is 277 g/mol. The van der Waals surface area contributed by atoms with Gasteiger partial charge in [-0.3, -0.25) is 4.79 Å². The topological polar surface area (TPSA) is 35.5 Å². The van der Waals surface area contributed by atoms with Gasteiger partial charge in [0.2, 0.25) is 0 Å². The summed E-state index contributed by atoms with van der Waals surface area (Å²) in [6.45, 7) is 0.487. The van der Waals surface area contributed by atoms with Gasteiger partial charge in [-0.2, -0.15) is 0 Å². The van der Waals surface area contributed by atoms with Crippen LogP contribution in [0.3, 0.4) is 0 Å². The van der Waals surface area contributed by atoms with E-state index >= 15 is 0 Å². The standard InChI is InChI=1S/C15H13ClO3/c16-14-8-4-7-13(9-17)15(14)19-11-18-10-12-5-2-1-3-6-12/h1-9H,10-11H2. The quantitative estimate of drug-likeness (QED) is 0.458.